The molecule has 1 heterocycles. The van der Waals surface area contributed by atoms with E-state index in [1.165, 1.54) is 23.3 Å². The summed E-state index contributed by atoms with van der Waals surface area (Å²) in [6.07, 6.45) is 5.43. The van der Waals surface area contributed by atoms with Crippen molar-refractivity contribution in [3.05, 3.63) is 117 Å². The van der Waals surface area contributed by atoms with Gasteiger partial charge in [-0.1, -0.05) is 48.0 Å². The monoisotopic (exact) mass is 600 g/mol. The van der Waals surface area contributed by atoms with E-state index in [4.69, 9.17) is 21.5 Å². The number of fused-ring (bicyclic) bond motifs is 1. The fourth-order valence-corrected chi connectivity index (χ4v) is 5.82. The molecule has 1 aliphatic rings. The van der Waals surface area contributed by atoms with E-state index in [1.54, 1.807) is 30.5 Å². The maximum absolute atomic E-state index is 14.7. The highest BCUT2D eigenvalue weighted by Gasteiger charge is 2.27. The van der Waals surface area contributed by atoms with Crippen LogP contribution in [-0.4, -0.2) is 33.9 Å². The van der Waals surface area contributed by atoms with Crippen LogP contribution in [0.5, 0.6) is 5.75 Å². The standard InChI is InChI=1S/C33H30ClFN4O4/c34-29-12-24(17-38-31(18-40)33(41)39-42)32(43-19-21-10-20(14-36)15-37-16-21)13-23(29)11-22-8-9-27-25(22)5-3-6-26(27)28-4-1-2-7-30(28)35/h1-7,10,12-13,15-16,22,31,38,40,42H,8-9,11,17-19H2,(H,39,41)/t22-,31?/m1/s1. The Morgan fingerprint density at radius 3 is 2.72 bits per heavy atom. The number of carbonyl (C=O) groups is 1. The van der Waals surface area contributed by atoms with Gasteiger partial charge in [0.2, 0.25) is 0 Å². The van der Waals surface area contributed by atoms with Crippen molar-refractivity contribution in [3.63, 3.8) is 0 Å². The summed E-state index contributed by atoms with van der Waals surface area (Å²) < 4.78 is 20.8. The molecule has 0 radical (unpaired) electrons. The zero-order valence-electron chi connectivity index (χ0n) is 23.2. The predicted molar refractivity (Wildman–Crippen MR) is 159 cm³/mol. The molecule has 0 spiro atoms. The first-order valence-corrected chi connectivity index (χ1v) is 14.2. The van der Waals surface area contributed by atoms with Gasteiger partial charge in [0.1, 0.15) is 30.3 Å². The van der Waals surface area contributed by atoms with Crippen LogP contribution in [0.1, 0.15) is 45.7 Å². The normalized spacial score (nSPS) is 14.5. The first-order valence-electron chi connectivity index (χ1n) is 13.8. The van der Waals surface area contributed by atoms with Crippen molar-refractivity contribution in [2.45, 2.75) is 44.4 Å². The molecule has 1 amide bonds. The molecule has 0 saturated carbocycles. The van der Waals surface area contributed by atoms with Gasteiger partial charge in [0, 0.05) is 40.7 Å². The Kier molecular flexibility index (Phi) is 9.65. The van der Waals surface area contributed by atoms with Crippen molar-refractivity contribution in [2.24, 2.45) is 0 Å². The molecule has 4 aromatic rings. The third-order valence-electron chi connectivity index (χ3n) is 7.72. The summed E-state index contributed by atoms with van der Waals surface area (Å²) in [6.45, 7) is -0.283. The molecule has 8 nitrogen and oxygen atoms in total. The van der Waals surface area contributed by atoms with Crippen molar-refractivity contribution >= 4 is 17.5 Å². The number of aliphatic hydroxyl groups excluding tert-OH is 1. The Labute approximate surface area is 253 Å². The van der Waals surface area contributed by atoms with Gasteiger partial charge in [0.05, 0.1) is 12.2 Å². The first-order chi connectivity index (χ1) is 20.9. The maximum atomic E-state index is 14.7. The number of carbonyl (C=O) groups excluding carboxylic acids is 1. The van der Waals surface area contributed by atoms with Crippen molar-refractivity contribution in [1.29, 1.82) is 5.26 Å². The maximum Gasteiger partial charge on any atom is 0.262 e. The molecule has 0 fully saturated rings. The lowest BCUT2D eigenvalue weighted by Crippen LogP contribution is -2.45. The van der Waals surface area contributed by atoms with Crippen LogP contribution >= 0.6 is 11.6 Å². The number of pyridine rings is 1. The number of aliphatic hydroxyl groups is 1. The quantitative estimate of drug-likeness (QED) is 0.137. The molecule has 3 aromatic carbocycles. The van der Waals surface area contributed by atoms with Crippen molar-refractivity contribution < 1.29 is 24.2 Å². The number of amides is 1. The fourth-order valence-electron chi connectivity index (χ4n) is 5.56. The van der Waals surface area contributed by atoms with Gasteiger partial charge in [-0.3, -0.25) is 20.3 Å². The summed E-state index contributed by atoms with van der Waals surface area (Å²) in [7, 11) is 0. The Balaban J connectivity index is 1.43. The second kappa shape index (κ2) is 13.8. The van der Waals surface area contributed by atoms with Gasteiger partial charge < -0.3 is 9.84 Å². The number of nitrogens with zero attached hydrogens (tertiary/aromatic N) is 2. The summed E-state index contributed by atoms with van der Waals surface area (Å²) in [5.74, 6) is -0.348. The van der Waals surface area contributed by atoms with Gasteiger partial charge in [-0.05, 0) is 71.7 Å². The van der Waals surface area contributed by atoms with E-state index >= 15 is 0 Å². The Morgan fingerprint density at radius 1 is 1.14 bits per heavy atom. The highest BCUT2D eigenvalue weighted by molar-refractivity contribution is 6.31. The number of hydroxylamine groups is 1. The van der Waals surface area contributed by atoms with Gasteiger partial charge in [-0.2, -0.15) is 5.26 Å². The number of benzene rings is 3. The smallest absolute Gasteiger partial charge is 0.262 e. The molecule has 10 heteroatoms. The highest BCUT2D eigenvalue weighted by atomic mass is 35.5. The zero-order chi connectivity index (χ0) is 30.3. The molecular weight excluding hydrogens is 571 g/mol. The number of ether oxygens (including phenoxy) is 1. The molecular formula is C33H30ClFN4O4. The van der Waals surface area contributed by atoms with Crippen LogP contribution in [0.2, 0.25) is 5.02 Å². The predicted octanol–water partition coefficient (Wildman–Crippen LogP) is 5.22. The summed E-state index contributed by atoms with van der Waals surface area (Å²) in [4.78, 5) is 16.0. The molecule has 1 aliphatic carbocycles. The van der Waals surface area contributed by atoms with Crippen molar-refractivity contribution in [2.75, 3.05) is 6.61 Å². The number of aromatic nitrogens is 1. The summed E-state index contributed by atoms with van der Waals surface area (Å²) in [5, 5.41) is 31.2. The van der Waals surface area contributed by atoms with E-state index in [9.17, 15) is 19.6 Å². The number of nitriles is 1. The second-order valence-corrected chi connectivity index (χ2v) is 10.8. The minimum Gasteiger partial charge on any atom is -0.489 e. The minimum atomic E-state index is -1.05. The first kappa shape index (κ1) is 30.1. The molecule has 0 bridgehead atoms. The Bertz CT molecular complexity index is 1680. The number of rotatable bonds is 11. The van der Waals surface area contributed by atoms with Crippen LogP contribution < -0.4 is 15.5 Å². The summed E-state index contributed by atoms with van der Waals surface area (Å²) in [6, 6.07) is 19.2. The van der Waals surface area contributed by atoms with Crippen LogP contribution in [-0.2, 0) is 30.8 Å². The van der Waals surface area contributed by atoms with Crippen LogP contribution in [0.4, 0.5) is 4.39 Å². The molecule has 43 heavy (non-hydrogen) atoms. The molecule has 220 valence electrons. The Morgan fingerprint density at radius 2 is 1.95 bits per heavy atom. The van der Waals surface area contributed by atoms with E-state index in [1.807, 2.05) is 24.3 Å². The van der Waals surface area contributed by atoms with Crippen LogP contribution in [0, 0.1) is 17.1 Å². The minimum absolute atomic E-state index is 0.114. The van der Waals surface area contributed by atoms with E-state index in [0.717, 1.165) is 29.5 Å². The van der Waals surface area contributed by atoms with E-state index < -0.39 is 18.6 Å². The lowest BCUT2D eigenvalue weighted by molar-refractivity contribution is -0.132. The number of nitrogens with one attached hydrogen (secondary N) is 2. The van der Waals surface area contributed by atoms with Gasteiger partial charge in [-0.15, -0.1) is 0 Å². The van der Waals surface area contributed by atoms with Gasteiger partial charge in [-0.25, -0.2) is 9.87 Å². The van der Waals surface area contributed by atoms with E-state index in [-0.39, 0.29) is 24.9 Å². The lowest BCUT2D eigenvalue weighted by Gasteiger charge is -2.20. The van der Waals surface area contributed by atoms with Crippen LogP contribution in [0.25, 0.3) is 11.1 Å². The fraction of sp³-hybridized carbons (Fsp3) is 0.242. The summed E-state index contributed by atoms with van der Waals surface area (Å²) in [5.41, 5.74) is 7.98. The molecule has 5 rings (SSSR count). The Hall–Kier alpha value is -4.33. The molecule has 4 N–H and O–H groups in total. The van der Waals surface area contributed by atoms with Crippen molar-refractivity contribution in [1.82, 2.24) is 15.8 Å². The zero-order valence-corrected chi connectivity index (χ0v) is 23.9. The van der Waals surface area contributed by atoms with Gasteiger partial charge in [0.25, 0.3) is 5.91 Å². The molecule has 0 saturated heterocycles. The number of halogens is 2. The average molecular weight is 601 g/mol. The topological polar surface area (TPSA) is 128 Å². The molecule has 0 aliphatic heterocycles. The van der Waals surface area contributed by atoms with Crippen LogP contribution in [0.15, 0.2) is 73.1 Å². The third kappa shape index (κ3) is 6.85. The molecule has 2 atom stereocenters. The van der Waals surface area contributed by atoms with Crippen LogP contribution in [0.3, 0.4) is 0 Å². The highest BCUT2D eigenvalue weighted by Crippen LogP contribution is 2.42. The van der Waals surface area contributed by atoms with Gasteiger partial charge in [0.15, 0.2) is 0 Å². The van der Waals surface area contributed by atoms with Crippen molar-refractivity contribution in [3.8, 4) is 22.9 Å². The number of hydrogen-bond donors (Lipinski definition) is 4. The number of hydrogen-bond acceptors (Lipinski definition) is 7. The van der Waals surface area contributed by atoms with E-state index in [2.05, 4.69) is 22.4 Å². The van der Waals surface area contributed by atoms with E-state index in [0.29, 0.717) is 39.4 Å². The SMILES string of the molecule is N#Cc1cncc(COc2cc(C[C@H]3CCc4c(-c5ccccc5F)cccc43)c(Cl)cc2CNC(CO)C(=O)NO)c1. The van der Waals surface area contributed by atoms with Gasteiger partial charge >= 0.3 is 0 Å². The largest absolute Gasteiger partial charge is 0.489 e. The second-order valence-electron chi connectivity index (χ2n) is 10.4. The third-order valence-corrected chi connectivity index (χ3v) is 8.07. The summed E-state index contributed by atoms with van der Waals surface area (Å²) >= 11 is 6.80. The molecule has 1 unspecified atom stereocenters. The lowest BCUT2D eigenvalue weighted by atomic mass is 9.90. The molecule has 1 aromatic heterocycles. The average Bonchev–Trinajstić information content (AvgIpc) is 3.44.